The number of hydrogen-bond acceptors (Lipinski definition) is 2. The minimum Gasteiger partial charge on any atom is -0.310 e. The Labute approximate surface area is 112 Å². The maximum atomic E-state index is 4.43. The van der Waals surface area contributed by atoms with E-state index in [1.54, 1.807) is 0 Å². The molecule has 1 aromatic heterocycles. The van der Waals surface area contributed by atoms with Crippen LogP contribution in [-0.4, -0.2) is 11.5 Å². The van der Waals surface area contributed by atoms with Crippen molar-refractivity contribution in [1.82, 2.24) is 10.3 Å². The molecular formula is C16H28N2. The summed E-state index contributed by atoms with van der Waals surface area (Å²) in [5.41, 5.74) is 2.43. The molecule has 2 nitrogen and oxygen atoms in total. The molecule has 0 bridgehead atoms. The topological polar surface area (TPSA) is 24.9 Å². The third kappa shape index (κ3) is 4.77. The van der Waals surface area contributed by atoms with Crippen LogP contribution < -0.4 is 5.32 Å². The van der Waals surface area contributed by atoms with Gasteiger partial charge in [0.15, 0.2) is 0 Å². The van der Waals surface area contributed by atoms with E-state index in [0.717, 1.165) is 18.2 Å². The molecule has 18 heavy (non-hydrogen) atoms. The number of aromatic nitrogens is 1. The highest BCUT2D eigenvalue weighted by molar-refractivity contribution is 5.17. The first-order chi connectivity index (χ1) is 8.71. The predicted molar refractivity (Wildman–Crippen MR) is 78.7 cm³/mol. The second kappa shape index (κ2) is 8.25. The van der Waals surface area contributed by atoms with Crippen LogP contribution in [0.4, 0.5) is 0 Å². The van der Waals surface area contributed by atoms with E-state index in [1.807, 2.05) is 13.1 Å². The van der Waals surface area contributed by atoms with Crippen LogP contribution in [0.25, 0.3) is 0 Å². The van der Waals surface area contributed by atoms with Crippen LogP contribution in [0.5, 0.6) is 0 Å². The molecule has 1 aromatic rings. The maximum Gasteiger partial charge on any atom is 0.0372 e. The molecular weight excluding hydrogens is 220 g/mol. The van der Waals surface area contributed by atoms with E-state index < -0.39 is 0 Å². The third-order valence-corrected chi connectivity index (χ3v) is 3.70. The van der Waals surface area contributed by atoms with Gasteiger partial charge in [-0.3, -0.25) is 4.98 Å². The van der Waals surface area contributed by atoms with Crippen LogP contribution in [0, 0.1) is 12.8 Å². The molecule has 1 heterocycles. The molecule has 1 rings (SSSR count). The maximum absolute atomic E-state index is 4.43. The Morgan fingerprint density at radius 3 is 2.39 bits per heavy atom. The summed E-state index contributed by atoms with van der Waals surface area (Å²) >= 11 is 0. The molecule has 1 atom stereocenters. The molecule has 0 saturated carbocycles. The zero-order valence-electron chi connectivity index (χ0n) is 12.4. The van der Waals surface area contributed by atoms with E-state index in [2.05, 4.69) is 43.2 Å². The minimum atomic E-state index is 0.461. The van der Waals surface area contributed by atoms with Crippen LogP contribution in [-0.2, 0) is 0 Å². The fourth-order valence-electron chi connectivity index (χ4n) is 2.30. The Bertz CT molecular complexity index is 314. The van der Waals surface area contributed by atoms with Crippen molar-refractivity contribution in [2.75, 3.05) is 6.54 Å². The summed E-state index contributed by atoms with van der Waals surface area (Å²) in [6.07, 6.45) is 6.96. The normalized spacial score (nSPS) is 12.9. The lowest BCUT2D eigenvalue weighted by Crippen LogP contribution is -2.24. The van der Waals surface area contributed by atoms with E-state index in [-0.39, 0.29) is 0 Å². The van der Waals surface area contributed by atoms with Gasteiger partial charge in [0.05, 0.1) is 0 Å². The average Bonchev–Trinajstić information content (AvgIpc) is 2.40. The Balaban J connectivity index is 2.73. The highest BCUT2D eigenvalue weighted by atomic mass is 14.9. The molecule has 0 aliphatic heterocycles. The van der Waals surface area contributed by atoms with Gasteiger partial charge in [-0.15, -0.1) is 0 Å². The van der Waals surface area contributed by atoms with Gasteiger partial charge in [0.1, 0.15) is 0 Å². The number of aryl methyl sites for hydroxylation is 1. The summed E-state index contributed by atoms with van der Waals surface area (Å²) in [5, 5.41) is 3.66. The van der Waals surface area contributed by atoms with Gasteiger partial charge in [-0.25, -0.2) is 0 Å². The Morgan fingerprint density at radius 1 is 1.17 bits per heavy atom. The van der Waals surface area contributed by atoms with Gasteiger partial charge in [-0.05, 0) is 43.9 Å². The predicted octanol–water partition coefficient (Wildman–Crippen LogP) is 4.26. The lowest BCUT2D eigenvalue weighted by atomic mass is 9.91. The first kappa shape index (κ1) is 15.2. The van der Waals surface area contributed by atoms with Gasteiger partial charge in [-0.1, -0.05) is 39.7 Å². The SMILES string of the molecule is CCCNC(CC(CC)CC)c1ccc(C)nc1. The van der Waals surface area contributed by atoms with Crippen LogP contribution in [0.3, 0.4) is 0 Å². The standard InChI is InChI=1S/C16H28N2/c1-5-10-17-16(11-14(6-2)7-3)15-9-8-13(4)18-12-15/h8-9,12,14,16-17H,5-7,10-11H2,1-4H3. The van der Waals surface area contributed by atoms with Gasteiger partial charge in [0, 0.05) is 17.9 Å². The molecule has 0 saturated heterocycles. The molecule has 1 N–H and O–H groups in total. The second-order valence-electron chi connectivity index (χ2n) is 5.16. The first-order valence-electron chi connectivity index (χ1n) is 7.37. The summed E-state index contributed by atoms with van der Waals surface area (Å²) in [7, 11) is 0. The summed E-state index contributed by atoms with van der Waals surface area (Å²) in [5.74, 6) is 0.806. The molecule has 0 aliphatic rings. The third-order valence-electron chi connectivity index (χ3n) is 3.70. The Hall–Kier alpha value is -0.890. The number of nitrogens with one attached hydrogen (secondary N) is 1. The summed E-state index contributed by atoms with van der Waals surface area (Å²) in [6.45, 7) is 9.92. The van der Waals surface area contributed by atoms with Crippen LogP contribution in [0.1, 0.15) is 63.8 Å². The van der Waals surface area contributed by atoms with E-state index in [0.29, 0.717) is 6.04 Å². The van der Waals surface area contributed by atoms with E-state index in [9.17, 15) is 0 Å². The van der Waals surface area contributed by atoms with E-state index >= 15 is 0 Å². The molecule has 0 fully saturated rings. The molecule has 1 unspecified atom stereocenters. The van der Waals surface area contributed by atoms with Crippen molar-refractivity contribution in [2.24, 2.45) is 5.92 Å². The van der Waals surface area contributed by atoms with Gasteiger partial charge >= 0.3 is 0 Å². The lowest BCUT2D eigenvalue weighted by Gasteiger charge is -2.23. The minimum absolute atomic E-state index is 0.461. The van der Waals surface area contributed by atoms with Crippen molar-refractivity contribution in [3.63, 3.8) is 0 Å². The fourth-order valence-corrected chi connectivity index (χ4v) is 2.30. The van der Waals surface area contributed by atoms with Crippen LogP contribution >= 0.6 is 0 Å². The number of hydrogen-bond donors (Lipinski definition) is 1. The monoisotopic (exact) mass is 248 g/mol. The van der Waals surface area contributed by atoms with E-state index in [4.69, 9.17) is 0 Å². The van der Waals surface area contributed by atoms with Gasteiger partial charge < -0.3 is 5.32 Å². The molecule has 102 valence electrons. The number of pyridine rings is 1. The van der Waals surface area contributed by atoms with Crippen molar-refractivity contribution in [3.05, 3.63) is 29.6 Å². The number of rotatable bonds is 8. The van der Waals surface area contributed by atoms with Crippen LogP contribution in [0.2, 0.25) is 0 Å². The van der Waals surface area contributed by atoms with Crippen molar-refractivity contribution in [1.29, 1.82) is 0 Å². The highest BCUT2D eigenvalue weighted by Gasteiger charge is 2.15. The summed E-state index contributed by atoms with van der Waals surface area (Å²) < 4.78 is 0. The number of nitrogens with zero attached hydrogens (tertiary/aromatic N) is 1. The average molecular weight is 248 g/mol. The largest absolute Gasteiger partial charge is 0.310 e. The Morgan fingerprint density at radius 2 is 1.89 bits per heavy atom. The molecule has 0 spiro atoms. The first-order valence-corrected chi connectivity index (χ1v) is 7.37. The quantitative estimate of drug-likeness (QED) is 0.743. The summed E-state index contributed by atoms with van der Waals surface area (Å²) in [6, 6.07) is 4.80. The van der Waals surface area contributed by atoms with Crippen LogP contribution in [0.15, 0.2) is 18.3 Å². The highest BCUT2D eigenvalue weighted by Crippen LogP contribution is 2.25. The molecule has 0 aromatic carbocycles. The molecule has 0 amide bonds. The zero-order chi connectivity index (χ0) is 13.4. The zero-order valence-corrected chi connectivity index (χ0v) is 12.4. The van der Waals surface area contributed by atoms with Gasteiger partial charge in [-0.2, -0.15) is 0 Å². The van der Waals surface area contributed by atoms with Crippen molar-refractivity contribution >= 4 is 0 Å². The van der Waals surface area contributed by atoms with Gasteiger partial charge in [0.25, 0.3) is 0 Å². The molecule has 0 radical (unpaired) electrons. The molecule has 0 aliphatic carbocycles. The Kier molecular flexibility index (Phi) is 6.96. The second-order valence-corrected chi connectivity index (χ2v) is 5.16. The van der Waals surface area contributed by atoms with Crippen molar-refractivity contribution in [2.45, 2.75) is 59.4 Å². The fraction of sp³-hybridized carbons (Fsp3) is 0.688. The van der Waals surface area contributed by atoms with Crippen molar-refractivity contribution in [3.8, 4) is 0 Å². The van der Waals surface area contributed by atoms with Gasteiger partial charge in [0.2, 0.25) is 0 Å². The molecule has 2 heteroatoms. The lowest BCUT2D eigenvalue weighted by molar-refractivity contribution is 0.371. The summed E-state index contributed by atoms with van der Waals surface area (Å²) in [4.78, 5) is 4.43. The van der Waals surface area contributed by atoms with E-state index in [1.165, 1.54) is 31.2 Å². The van der Waals surface area contributed by atoms with Crippen molar-refractivity contribution < 1.29 is 0 Å². The smallest absolute Gasteiger partial charge is 0.0372 e.